The summed E-state index contributed by atoms with van der Waals surface area (Å²) in [6.45, 7) is 1.63. The first-order valence-corrected chi connectivity index (χ1v) is 11.9. The van der Waals surface area contributed by atoms with Crippen LogP contribution in [0.4, 0.5) is 4.79 Å². The Labute approximate surface area is 203 Å². The summed E-state index contributed by atoms with van der Waals surface area (Å²) in [6, 6.07) is 14.5. The predicted molar refractivity (Wildman–Crippen MR) is 125 cm³/mol. The number of nitrogens with zero attached hydrogens (tertiary/aromatic N) is 1. The number of carboxylic acids is 1. The van der Waals surface area contributed by atoms with Gasteiger partial charge in [-0.15, -0.1) is 0 Å². The van der Waals surface area contributed by atoms with Gasteiger partial charge in [0.2, 0.25) is 5.91 Å². The Hall–Kier alpha value is -3.43. The summed E-state index contributed by atoms with van der Waals surface area (Å²) in [5.74, 6) is -1.76. The maximum Gasteiger partial charge on any atom is 0.407 e. The molecule has 9 heteroatoms. The highest BCUT2D eigenvalue weighted by Crippen LogP contribution is 2.44. The van der Waals surface area contributed by atoms with Gasteiger partial charge in [-0.3, -0.25) is 9.59 Å². The summed E-state index contributed by atoms with van der Waals surface area (Å²) in [6.07, 6.45) is -1.00. The Balaban J connectivity index is 1.27. The zero-order valence-corrected chi connectivity index (χ0v) is 19.2. The maximum atomic E-state index is 13.3. The van der Waals surface area contributed by atoms with Crippen LogP contribution in [0.2, 0.25) is 0 Å². The average Bonchev–Trinajstić information content (AvgIpc) is 3.20. The van der Waals surface area contributed by atoms with Crippen LogP contribution in [-0.2, 0) is 23.8 Å². The van der Waals surface area contributed by atoms with Crippen molar-refractivity contribution in [1.29, 1.82) is 0 Å². The standard InChI is InChI=1S/C26H28N2O7/c29-24(30)13-21(25(31)28-10-12-34-23-15-33-11-9-22(23)28)27-26(32)35-14-20-18-7-3-1-5-16(18)17-6-2-4-8-19(17)20/h1-8,20-23H,9-15H2,(H,27,32)(H,29,30). The first-order valence-electron chi connectivity index (χ1n) is 11.9. The van der Waals surface area contributed by atoms with Gasteiger partial charge in [-0.25, -0.2) is 4.79 Å². The van der Waals surface area contributed by atoms with E-state index in [-0.39, 0.29) is 24.7 Å². The second-order valence-corrected chi connectivity index (χ2v) is 8.99. The minimum Gasteiger partial charge on any atom is -0.481 e. The molecule has 3 unspecified atom stereocenters. The highest BCUT2D eigenvalue weighted by molar-refractivity contribution is 5.89. The van der Waals surface area contributed by atoms with Crippen molar-refractivity contribution in [3.8, 4) is 11.1 Å². The molecule has 2 heterocycles. The lowest BCUT2D eigenvalue weighted by molar-refractivity contribution is -0.164. The smallest absolute Gasteiger partial charge is 0.407 e. The van der Waals surface area contributed by atoms with E-state index in [4.69, 9.17) is 14.2 Å². The summed E-state index contributed by atoms with van der Waals surface area (Å²) in [4.78, 5) is 39.2. The van der Waals surface area contributed by atoms with Crippen molar-refractivity contribution in [2.45, 2.75) is 36.9 Å². The Bertz CT molecular complexity index is 1070. The van der Waals surface area contributed by atoms with Gasteiger partial charge in [0.1, 0.15) is 18.8 Å². The fourth-order valence-electron chi connectivity index (χ4n) is 5.32. The van der Waals surface area contributed by atoms with E-state index in [1.807, 2.05) is 48.5 Å². The number of amides is 2. The maximum absolute atomic E-state index is 13.3. The zero-order chi connectivity index (χ0) is 24.4. The van der Waals surface area contributed by atoms with Crippen LogP contribution in [0.25, 0.3) is 11.1 Å². The first kappa shape index (κ1) is 23.3. The zero-order valence-electron chi connectivity index (χ0n) is 19.2. The van der Waals surface area contributed by atoms with Crippen LogP contribution in [0.15, 0.2) is 48.5 Å². The van der Waals surface area contributed by atoms with Gasteiger partial charge in [0, 0.05) is 19.1 Å². The van der Waals surface area contributed by atoms with Crippen molar-refractivity contribution >= 4 is 18.0 Å². The van der Waals surface area contributed by atoms with E-state index < -0.39 is 30.4 Å². The lowest BCUT2D eigenvalue weighted by atomic mass is 9.98. The molecule has 2 aromatic carbocycles. The molecule has 3 aliphatic rings. The number of benzene rings is 2. The lowest BCUT2D eigenvalue weighted by Crippen LogP contribution is -2.61. The number of rotatable bonds is 6. The van der Waals surface area contributed by atoms with Crippen molar-refractivity contribution in [2.24, 2.45) is 0 Å². The van der Waals surface area contributed by atoms with Crippen LogP contribution < -0.4 is 5.32 Å². The van der Waals surface area contributed by atoms with E-state index in [0.29, 0.717) is 32.8 Å². The van der Waals surface area contributed by atoms with Gasteiger partial charge in [0.25, 0.3) is 0 Å². The topological polar surface area (TPSA) is 114 Å². The summed E-state index contributed by atoms with van der Waals surface area (Å²) < 4.78 is 16.7. The Morgan fingerprint density at radius 2 is 1.74 bits per heavy atom. The van der Waals surface area contributed by atoms with Crippen molar-refractivity contribution < 1.29 is 33.7 Å². The van der Waals surface area contributed by atoms with Gasteiger partial charge in [-0.2, -0.15) is 0 Å². The predicted octanol–water partition coefficient (Wildman–Crippen LogP) is 2.38. The summed E-state index contributed by atoms with van der Waals surface area (Å²) in [5, 5.41) is 11.9. The summed E-state index contributed by atoms with van der Waals surface area (Å²) in [5.41, 5.74) is 4.35. The van der Waals surface area contributed by atoms with Crippen LogP contribution in [-0.4, -0.2) is 79.1 Å². The number of fused-ring (bicyclic) bond motifs is 4. The van der Waals surface area contributed by atoms with Gasteiger partial charge < -0.3 is 29.5 Å². The van der Waals surface area contributed by atoms with Crippen molar-refractivity contribution in [2.75, 3.05) is 33.0 Å². The molecule has 35 heavy (non-hydrogen) atoms. The SMILES string of the molecule is O=C(O)CC(NC(=O)OCC1c2ccccc2-c2ccccc21)C(=O)N1CCOC2COCCC21. The molecular formula is C26H28N2O7. The number of carboxylic acid groups (broad SMARTS) is 1. The van der Waals surface area contributed by atoms with Crippen molar-refractivity contribution in [3.05, 3.63) is 59.7 Å². The van der Waals surface area contributed by atoms with Crippen LogP contribution >= 0.6 is 0 Å². The molecule has 2 fully saturated rings. The van der Waals surface area contributed by atoms with Crippen molar-refractivity contribution in [1.82, 2.24) is 10.2 Å². The second-order valence-electron chi connectivity index (χ2n) is 8.99. The molecular weight excluding hydrogens is 452 g/mol. The molecule has 0 radical (unpaired) electrons. The van der Waals surface area contributed by atoms with Gasteiger partial charge >= 0.3 is 12.1 Å². The third-order valence-electron chi connectivity index (χ3n) is 6.93. The molecule has 9 nitrogen and oxygen atoms in total. The quantitative estimate of drug-likeness (QED) is 0.653. The Kier molecular flexibility index (Phi) is 6.70. The van der Waals surface area contributed by atoms with Gasteiger partial charge in [-0.1, -0.05) is 48.5 Å². The number of carbonyl (C=O) groups excluding carboxylic acids is 2. The number of aliphatic carboxylic acids is 1. The summed E-state index contributed by atoms with van der Waals surface area (Å²) >= 11 is 0. The van der Waals surface area contributed by atoms with Crippen LogP contribution in [0.5, 0.6) is 0 Å². The molecule has 2 amide bonds. The van der Waals surface area contributed by atoms with Gasteiger partial charge in [0.15, 0.2) is 0 Å². The first-order chi connectivity index (χ1) is 17.0. The summed E-state index contributed by atoms with van der Waals surface area (Å²) in [7, 11) is 0. The van der Waals surface area contributed by atoms with E-state index in [9.17, 15) is 19.5 Å². The van der Waals surface area contributed by atoms with Crippen LogP contribution in [0.3, 0.4) is 0 Å². The third kappa shape index (κ3) is 4.74. The largest absolute Gasteiger partial charge is 0.481 e. The molecule has 0 saturated carbocycles. The fraction of sp³-hybridized carbons (Fsp3) is 0.423. The molecule has 184 valence electrons. The van der Waals surface area contributed by atoms with Crippen molar-refractivity contribution in [3.63, 3.8) is 0 Å². The van der Waals surface area contributed by atoms with E-state index in [0.717, 1.165) is 22.3 Å². The molecule has 2 saturated heterocycles. The van der Waals surface area contributed by atoms with E-state index in [2.05, 4.69) is 5.32 Å². The third-order valence-corrected chi connectivity index (χ3v) is 6.93. The van der Waals surface area contributed by atoms with Crippen LogP contribution in [0.1, 0.15) is 29.9 Å². The molecule has 5 rings (SSSR count). The van der Waals surface area contributed by atoms with E-state index in [1.54, 1.807) is 4.90 Å². The number of carbonyl (C=O) groups is 3. The Morgan fingerprint density at radius 3 is 2.43 bits per heavy atom. The lowest BCUT2D eigenvalue weighted by Gasteiger charge is -2.44. The number of morpholine rings is 1. The Morgan fingerprint density at radius 1 is 1.06 bits per heavy atom. The highest BCUT2D eigenvalue weighted by Gasteiger charge is 2.40. The molecule has 0 aromatic heterocycles. The van der Waals surface area contributed by atoms with E-state index in [1.165, 1.54) is 0 Å². The molecule has 3 atom stereocenters. The molecule has 2 aromatic rings. The fourth-order valence-corrected chi connectivity index (χ4v) is 5.32. The minimum absolute atomic E-state index is 0.0768. The molecule has 0 bridgehead atoms. The number of alkyl carbamates (subject to hydrolysis) is 1. The number of hydrogen-bond donors (Lipinski definition) is 2. The normalized spacial score (nSPS) is 21.9. The molecule has 0 spiro atoms. The van der Waals surface area contributed by atoms with Crippen LogP contribution in [0, 0.1) is 0 Å². The van der Waals surface area contributed by atoms with Gasteiger partial charge in [0.05, 0.1) is 25.7 Å². The second kappa shape index (κ2) is 10.1. The van der Waals surface area contributed by atoms with Gasteiger partial charge in [-0.05, 0) is 28.7 Å². The number of hydrogen-bond acceptors (Lipinski definition) is 6. The number of nitrogens with one attached hydrogen (secondary N) is 1. The monoisotopic (exact) mass is 480 g/mol. The molecule has 2 aliphatic heterocycles. The molecule has 2 N–H and O–H groups in total. The minimum atomic E-state index is -1.23. The highest BCUT2D eigenvalue weighted by atomic mass is 16.6. The number of ether oxygens (including phenoxy) is 3. The van der Waals surface area contributed by atoms with E-state index >= 15 is 0 Å². The molecule has 1 aliphatic carbocycles. The average molecular weight is 481 g/mol.